The molecule has 8 heteroatoms. The average Bonchev–Trinajstić information content (AvgIpc) is 3.31. The highest BCUT2D eigenvalue weighted by atomic mass is 32.2. The van der Waals surface area contributed by atoms with E-state index in [1.807, 2.05) is 66.9 Å². The number of aromatic nitrogens is 2. The van der Waals surface area contributed by atoms with Gasteiger partial charge in [0.25, 0.3) is 5.56 Å². The summed E-state index contributed by atoms with van der Waals surface area (Å²) >= 11 is 2.73. The molecule has 4 rings (SSSR count). The number of nitrogens with one attached hydrogen (secondary N) is 1. The normalized spacial score (nSPS) is 11.9. The van der Waals surface area contributed by atoms with E-state index in [9.17, 15) is 9.59 Å². The van der Waals surface area contributed by atoms with Crippen molar-refractivity contribution >= 4 is 44.9 Å². The zero-order valence-corrected chi connectivity index (χ0v) is 20.1. The summed E-state index contributed by atoms with van der Waals surface area (Å²) in [4.78, 5) is 31.0. The molecule has 170 valence electrons. The van der Waals surface area contributed by atoms with Crippen molar-refractivity contribution in [3.63, 3.8) is 0 Å². The summed E-state index contributed by atoms with van der Waals surface area (Å²) in [6.45, 7) is 2.46. The number of benzene rings is 2. The second kappa shape index (κ2) is 10.7. The van der Waals surface area contributed by atoms with Crippen LogP contribution < -0.4 is 15.6 Å². The van der Waals surface area contributed by atoms with E-state index in [1.165, 1.54) is 23.1 Å². The number of amides is 1. The van der Waals surface area contributed by atoms with E-state index in [-0.39, 0.29) is 11.5 Å². The van der Waals surface area contributed by atoms with Crippen molar-refractivity contribution in [2.75, 3.05) is 12.4 Å². The fourth-order valence-corrected chi connectivity index (χ4v) is 5.29. The van der Waals surface area contributed by atoms with Crippen LogP contribution in [0.15, 0.2) is 76.0 Å². The molecule has 0 saturated carbocycles. The van der Waals surface area contributed by atoms with Gasteiger partial charge in [0.15, 0.2) is 5.16 Å². The third-order valence-corrected chi connectivity index (χ3v) is 7.49. The molecule has 2 heterocycles. The fraction of sp³-hybridized carbons (Fsp3) is 0.240. The SMILES string of the molecule is CCC(Sc1nc2ccsc2c(=O)n1CCc1ccccc1)C(=O)Nc1cccc(OC)c1. The quantitative estimate of drug-likeness (QED) is 0.263. The highest BCUT2D eigenvalue weighted by Crippen LogP contribution is 2.28. The van der Waals surface area contributed by atoms with Gasteiger partial charge in [-0.05, 0) is 42.0 Å². The van der Waals surface area contributed by atoms with E-state index in [0.29, 0.717) is 46.2 Å². The Morgan fingerprint density at radius 2 is 2.00 bits per heavy atom. The second-order valence-electron chi connectivity index (χ2n) is 7.46. The van der Waals surface area contributed by atoms with Crippen molar-refractivity contribution in [2.24, 2.45) is 0 Å². The number of hydrogen-bond acceptors (Lipinski definition) is 6. The Morgan fingerprint density at radius 1 is 1.18 bits per heavy atom. The molecule has 2 aromatic heterocycles. The summed E-state index contributed by atoms with van der Waals surface area (Å²) in [5.74, 6) is 0.540. The Kier molecular flexibility index (Phi) is 7.47. The van der Waals surface area contributed by atoms with E-state index in [2.05, 4.69) is 5.32 Å². The highest BCUT2D eigenvalue weighted by Gasteiger charge is 2.22. The van der Waals surface area contributed by atoms with Crippen LogP contribution in [0.3, 0.4) is 0 Å². The molecule has 1 N–H and O–H groups in total. The van der Waals surface area contributed by atoms with E-state index in [1.54, 1.807) is 17.7 Å². The van der Waals surface area contributed by atoms with Crippen LogP contribution >= 0.6 is 23.1 Å². The van der Waals surface area contributed by atoms with Crippen molar-refractivity contribution in [3.8, 4) is 5.75 Å². The number of anilines is 1. The topological polar surface area (TPSA) is 73.2 Å². The van der Waals surface area contributed by atoms with E-state index >= 15 is 0 Å². The van der Waals surface area contributed by atoms with Gasteiger partial charge in [-0.25, -0.2) is 4.98 Å². The summed E-state index contributed by atoms with van der Waals surface area (Å²) in [6, 6.07) is 19.2. The summed E-state index contributed by atoms with van der Waals surface area (Å²) in [5.41, 5.74) is 2.43. The van der Waals surface area contributed by atoms with Gasteiger partial charge < -0.3 is 10.1 Å². The number of carbonyl (C=O) groups is 1. The van der Waals surface area contributed by atoms with E-state index < -0.39 is 5.25 Å². The number of methoxy groups -OCH3 is 1. The number of fused-ring (bicyclic) bond motifs is 1. The number of nitrogens with zero attached hydrogens (tertiary/aromatic N) is 2. The van der Waals surface area contributed by atoms with Crippen molar-refractivity contribution in [2.45, 2.75) is 36.7 Å². The van der Waals surface area contributed by atoms with Gasteiger partial charge in [-0.1, -0.05) is 55.1 Å². The lowest BCUT2D eigenvalue weighted by atomic mass is 10.1. The Bertz CT molecular complexity index is 1300. The van der Waals surface area contributed by atoms with Crippen LogP contribution in [-0.2, 0) is 17.8 Å². The minimum atomic E-state index is -0.401. The number of hydrogen-bond donors (Lipinski definition) is 1. The number of aryl methyl sites for hydroxylation is 1. The first-order valence-electron chi connectivity index (χ1n) is 10.7. The summed E-state index contributed by atoms with van der Waals surface area (Å²) in [6.07, 6.45) is 1.30. The number of thioether (sulfide) groups is 1. The molecule has 0 spiro atoms. The zero-order chi connectivity index (χ0) is 23.2. The lowest BCUT2D eigenvalue weighted by Crippen LogP contribution is -2.28. The van der Waals surface area contributed by atoms with Gasteiger partial charge in [0.2, 0.25) is 5.91 Å². The molecule has 2 aromatic carbocycles. The second-order valence-corrected chi connectivity index (χ2v) is 9.54. The van der Waals surface area contributed by atoms with Crippen LogP contribution in [0.4, 0.5) is 5.69 Å². The lowest BCUT2D eigenvalue weighted by molar-refractivity contribution is -0.115. The highest BCUT2D eigenvalue weighted by molar-refractivity contribution is 8.00. The average molecular weight is 480 g/mol. The molecule has 0 radical (unpaired) electrons. The Labute approximate surface area is 200 Å². The monoisotopic (exact) mass is 479 g/mol. The van der Waals surface area contributed by atoms with Crippen molar-refractivity contribution in [1.29, 1.82) is 0 Å². The first kappa shape index (κ1) is 23.1. The van der Waals surface area contributed by atoms with Crippen LogP contribution in [0.25, 0.3) is 10.2 Å². The largest absolute Gasteiger partial charge is 0.497 e. The molecule has 0 fully saturated rings. The molecule has 0 aliphatic heterocycles. The van der Waals surface area contributed by atoms with Gasteiger partial charge in [0, 0.05) is 18.3 Å². The standard InChI is InChI=1S/C25H25N3O3S2/c1-3-21(23(29)26-18-10-7-11-19(16-18)31-2)33-25-27-20-13-15-32-22(20)24(30)28(25)14-12-17-8-5-4-6-9-17/h4-11,13,15-16,21H,3,12,14H2,1-2H3,(H,26,29). The van der Waals surface area contributed by atoms with Gasteiger partial charge in [-0.2, -0.15) is 0 Å². The maximum atomic E-state index is 13.2. The molecule has 6 nitrogen and oxygen atoms in total. The molecule has 0 bridgehead atoms. The molecule has 33 heavy (non-hydrogen) atoms. The smallest absolute Gasteiger partial charge is 0.272 e. The van der Waals surface area contributed by atoms with Crippen molar-refractivity contribution in [1.82, 2.24) is 9.55 Å². The lowest BCUT2D eigenvalue weighted by Gasteiger charge is -2.18. The van der Waals surface area contributed by atoms with Gasteiger partial charge >= 0.3 is 0 Å². The van der Waals surface area contributed by atoms with Crippen LogP contribution in [0.5, 0.6) is 5.75 Å². The van der Waals surface area contributed by atoms with Gasteiger partial charge in [-0.15, -0.1) is 11.3 Å². The molecular formula is C25H25N3O3S2. The number of carbonyl (C=O) groups excluding carboxylic acids is 1. The third-order valence-electron chi connectivity index (χ3n) is 5.25. The first-order chi connectivity index (χ1) is 16.1. The minimum Gasteiger partial charge on any atom is -0.497 e. The van der Waals surface area contributed by atoms with Gasteiger partial charge in [-0.3, -0.25) is 14.2 Å². The third kappa shape index (κ3) is 5.46. The number of rotatable bonds is 9. The number of ether oxygens (including phenoxy) is 1. The van der Waals surface area contributed by atoms with Crippen molar-refractivity contribution in [3.05, 3.63) is 82.0 Å². The Morgan fingerprint density at radius 3 is 2.76 bits per heavy atom. The first-order valence-corrected chi connectivity index (χ1v) is 12.5. The molecule has 1 amide bonds. The Balaban J connectivity index is 1.59. The van der Waals surface area contributed by atoms with E-state index in [0.717, 1.165) is 5.56 Å². The molecule has 4 aromatic rings. The molecular weight excluding hydrogens is 454 g/mol. The molecule has 0 aliphatic rings. The predicted molar refractivity (Wildman–Crippen MR) is 136 cm³/mol. The van der Waals surface area contributed by atoms with E-state index in [4.69, 9.17) is 9.72 Å². The maximum Gasteiger partial charge on any atom is 0.272 e. The molecule has 0 aliphatic carbocycles. The summed E-state index contributed by atoms with van der Waals surface area (Å²) in [7, 11) is 1.59. The van der Waals surface area contributed by atoms with Crippen LogP contribution in [0.2, 0.25) is 0 Å². The van der Waals surface area contributed by atoms with Crippen LogP contribution in [-0.4, -0.2) is 27.8 Å². The number of thiophene rings is 1. The van der Waals surface area contributed by atoms with Gasteiger partial charge in [0.1, 0.15) is 10.4 Å². The Hall–Kier alpha value is -3.10. The molecule has 1 unspecified atom stereocenters. The summed E-state index contributed by atoms with van der Waals surface area (Å²) in [5, 5.41) is 5.00. The fourth-order valence-electron chi connectivity index (χ4n) is 3.47. The molecule has 1 atom stereocenters. The predicted octanol–water partition coefficient (Wildman–Crippen LogP) is 5.22. The van der Waals surface area contributed by atoms with Crippen molar-refractivity contribution < 1.29 is 9.53 Å². The maximum absolute atomic E-state index is 13.2. The minimum absolute atomic E-state index is 0.0588. The van der Waals surface area contributed by atoms with Crippen LogP contribution in [0.1, 0.15) is 18.9 Å². The zero-order valence-electron chi connectivity index (χ0n) is 18.5. The van der Waals surface area contributed by atoms with Gasteiger partial charge in [0.05, 0.1) is 17.9 Å². The summed E-state index contributed by atoms with van der Waals surface area (Å²) < 4.78 is 7.59. The molecule has 0 saturated heterocycles. The van der Waals surface area contributed by atoms with Crippen LogP contribution in [0, 0.1) is 0 Å².